The predicted octanol–water partition coefficient (Wildman–Crippen LogP) is 2.14. The molecular formula is C18H16N4O2S. The van der Waals surface area contributed by atoms with Crippen molar-refractivity contribution >= 4 is 28.6 Å². The SMILES string of the molecule is O=C(Cn1nnc2ccccc2c1=O)NC1CCSc2ccccc21. The standard InChI is InChI=1S/C18H16N4O2S/c23-17(19-14-9-10-25-16-8-4-2-5-12(14)16)11-22-18(24)13-6-1-3-7-15(13)20-21-22/h1-8,14H,9-11H2,(H,19,23). The van der Waals surface area contributed by atoms with E-state index in [2.05, 4.69) is 21.7 Å². The number of nitrogens with zero attached hydrogens (tertiary/aromatic N) is 3. The molecule has 0 saturated carbocycles. The minimum atomic E-state index is -0.305. The highest BCUT2D eigenvalue weighted by Crippen LogP contribution is 2.35. The van der Waals surface area contributed by atoms with E-state index in [1.165, 1.54) is 4.90 Å². The third kappa shape index (κ3) is 3.15. The third-order valence-corrected chi connectivity index (χ3v) is 5.34. The van der Waals surface area contributed by atoms with Gasteiger partial charge < -0.3 is 5.32 Å². The summed E-state index contributed by atoms with van der Waals surface area (Å²) in [6, 6.07) is 15.0. The number of nitrogens with one attached hydrogen (secondary N) is 1. The maximum Gasteiger partial charge on any atom is 0.278 e. The molecule has 1 aliphatic rings. The number of carbonyl (C=O) groups is 1. The van der Waals surface area contributed by atoms with Crippen LogP contribution in [0.2, 0.25) is 0 Å². The fraction of sp³-hybridized carbons (Fsp3) is 0.222. The second-order valence-corrected chi connectivity index (χ2v) is 7.00. The molecule has 0 bridgehead atoms. The Morgan fingerprint density at radius 1 is 1.20 bits per heavy atom. The van der Waals surface area contributed by atoms with Gasteiger partial charge in [0.05, 0.1) is 11.4 Å². The minimum Gasteiger partial charge on any atom is -0.348 e. The van der Waals surface area contributed by atoms with E-state index >= 15 is 0 Å². The summed E-state index contributed by atoms with van der Waals surface area (Å²) in [7, 11) is 0. The summed E-state index contributed by atoms with van der Waals surface area (Å²) in [5, 5.41) is 11.4. The van der Waals surface area contributed by atoms with Gasteiger partial charge in [0.2, 0.25) is 5.91 Å². The van der Waals surface area contributed by atoms with Crippen LogP contribution in [0.3, 0.4) is 0 Å². The van der Waals surface area contributed by atoms with Crippen molar-refractivity contribution in [3.8, 4) is 0 Å². The zero-order chi connectivity index (χ0) is 17.2. The summed E-state index contributed by atoms with van der Waals surface area (Å²) in [6.45, 7) is -0.136. The Bertz CT molecular complexity index is 1000. The van der Waals surface area contributed by atoms with Crippen LogP contribution in [0.25, 0.3) is 10.9 Å². The Balaban J connectivity index is 1.54. The first-order valence-corrected chi connectivity index (χ1v) is 9.04. The molecule has 25 heavy (non-hydrogen) atoms. The molecule has 4 rings (SSSR count). The molecule has 126 valence electrons. The number of carbonyl (C=O) groups excluding carboxylic acids is 1. The number of fused-ring (bicyclic) bond motifs is 2. The number of hydrogen-bond acceptors (Lipinski definition) is 5. The van der Waals surface area contributed by atoms with E-state index in [9.17, 15) is 9.59 Å². The molecule has 1 amide bonds. The van der Waals surface area contributed by atoms with Crippen molar-refractivity contribution in [2.75, 3.05) is 5.75 Å². The largest absolute Gasteiger partial charge is 0.348 e. The third-order valence-electron chi connectivity index (χ3n) is 4.22. The molecule has 2 heterocycles. The first-order valence-electron chi connectivity index (χ1n) is 8.06. The molecule has 0 radical (unpaired) electrons. The molecule has 1 atom stereocenters. The Morgan fingerprint density at radius 2 is 2.00 bits per heavy atom. The van der Waals surface area contributed by atoms with E-state index in [0.717, 1.165) is 22.4 Å². The monoisotopic (exact) mass is 352 g/mol. The molecule has 0 saturated heterocycles. The van der Waals surface area contributed by atoms with Crippen molar-refractivity contribution in [3.05, 3.63) is 64.4 Å². The van der Waals surface area contributed by atoms with E-state index < -0.39 is 0 Å². The second-order valence-electron chi connectivity index (χ2n) is 5.86. The van der Waals surface area contributed by atoms with E-state index in [0.29, 0.717) is 10.9 Å². The van der Waals surface area contributed by atoms with Gasteiger partial charge in [-0.2, -0.15) is 0 Å². The number of hydrogen-bond donors (Lipinski definition) is 1. The summed E-state index contributed by atoms with van der Waals surface area (Å²) in [6.07, 6.45) is 0.867. The topological polar surface area (TPSA) is 76.9 Å². The van der Waals surface area contributed by atoms with Crippen LogP contribution >= 0.6 is 11.8 Å². The molecule has 6 nitrogen and oxygen atoms in total. The maximum atomic E-state index is 12.4. The molecule has 1 aliphatic heterocycles. The van der Waals surface area contributed by atoms with E-state index in [1.807, 2.05) is 18.2 Å². The normalized spacial score (nSPS) is 16.4. The minimum absolute atomic E-state index is 0.0333. The van der Waals surface area contributed by atoms with E-state index in [4.69, 9.17) is 0 Å². The van der Waals surface area contributed by atoms with Crippen molar-refractivity contribution < 1.29 is 4.79 Å². The van der Waals surface area contributed by atoms with Gasteiger partial charge >= 0.3 is 0 Å². The lowest BCUT2D eigenvalue weighted by Gasteiger charge is -2.25. The fourth-order valence-corrected chi connectivity index (χ4v) is 4.12. The highest BCUT2D eigenvalue weighted by molar-refractivity contribution is 7.99. The van der Waals surface area contributed by atoms with Crippen LogP contribution in [0.4, 0.5) is 0 Å². The zero-order valence-electron chi connectivity index (χ0n) is 13.4. The van der Waals surface area contributed by atoms with Gasteiger partial charge in [-0.15, -0.1) is 16.9 Å². The molecule has 7 heteroatoms. The number of benzene rings is 2. The van der Waals surface area contributed by atoms with Gasteiger partial charge in [0.1, 0.15) is 12.1 Å². The molecule has 1 aromatic heterocycles. The quantitative estimate of drug-likeness (QED) is 0.781. The van der Waals surface area contributed by atoms with Gasteiger partial charge in [-0.3, -0.25) is 9.59 Å². The smallest absolute Gasteiger partial charge is 0.278 e. The van der Waals surface area contributed by atoms with Gasteiger partial charge in [0.25, 0.3) is 5.56 Å². The Labute approximate surface area is 148 Å². The van der Waals surface area contributed by atoms with Gasteiger partial charge in [0.15, 0.2) is 0 Å². The Kier molecular flexibility index (Phi) is 4.23. The Hall–Kier alpha value is -2.67. The number of rotatable bonds is 3. The fourth-order valence-electron chi connectivity index (χ4n) is 2.99. The molecular weight excluding hydrogens is 336 g/mol. The second kappa shape index (κ2) is 6.68. The maximum absolute atomic E-state index is 12.4. The summed E-state index contributed by atoms with van der Waals surface area (Å²) in [5.41, 5.74) is 1.35. The lowest BCUT2D eigenvalue weighted by molar-refractivity contribution is -0.122. The van der Waals surface area contributed by atoms with Crippen LogP contribution < -0.4 is 10.9 Å². The average molecular weight is 352 g/mol. The van der Waals surface area contributed by atoms with Crippen molar-refractivity contribution in [2.45, 2.75) is 23.9 Å². The number of amides is 1. The predicted molar refractivity (Wildman–Crippen MR) is 96.5 cm³/mol. The first-order chi connectivity index (χ1) is 12.2. The van der Waals surface area contributed by atoms with Gasteiger partial charge in [-0.1, -0.05) is 35.5 Å². The van der Waals surface area contributed by atoms with Crippen LogP contribution in [-0.2, 0) is 11.3 Å². The molecule has 0 spiro atoms. The van der Waals surface area contributed by atoms with Gasteiger partial charge in [-0.25, -0.2) is 4.68 Å². The van der Waals surface area contributed by atoms with Gasteiger partial charge in [-0.05, 0) is 30.2 Å². The van der Waals surface area contributed by atoms with Crippen LogP contribution in [0, 0.1) is 0 Å². The van der Waals surface area contributed by atoms with E-state index in [-0.39, 0.29) is 24.1 Å². The lowest BCUT2D eigenvalue weighted by Crippen LogP contribution is -2.37. The molecule has 0 fully saturated rings. The number of thioether (sulfide) groups is 1. The van der Waals surface area contributed by atoms with E-state index in [1.54, 1.807) is 36.0 Å². The summed E-state index contributed by atoms with van der Waals surface area (Å²) in [4.78, 5) is 26.1. The summed E-state index contributed by atoms with van der Waals surface area (Å²) >= 11 is 1.80. The first kappa shape index (κ1) is 15.8. The van der Waals surface area contributed by atoms with Crippen molar-refractivity contribution in [3.63, 3.8) is 0 Å². The zero-order valence-corrected chi connectivity index (χ0v) is 14.2. The molecule has 1 unspecified atom stereocenters. The molecule has 1 N–H and O–H groups in total. The van der Waals surface area contributed by atoms with Crippen LogP contribution in [0.15, 0.2) is 58.2 Å². The summed E-state index contributed by atoms with van der Waals surface area (Å²) < 4.78 is 1.11. The van der Waals surface area contributed by atoms with Crippen molar-refractivity contribution in [1.82, 2.24) is 20.3 Å². The van der Waals surface area contributed by atoms with Crippen molar-refractivity contribution in [2.24, 2.45) is 0 Å². The Morgan fingerprint density at radius 3 is 2.92 bits per heavy atom. The molecule has 3 aromatic rings. The molecule has 0 aliphatic carbocycles. The van der Waals surface area contributed by atoms with Gasteiger partial charge in [0, 0.05) is 10.6 Å². The van der Waals surface area contributed by atoms with Crippen LogP contribution in [-0.4, -0.2) is 26.7 Å². The van der Waals surface area contributed by atoms with Crippen LogP contribution in [0.5, 0.6) is 0 Å². The highest BCUT2D eigenvalue weighted by atomic mass is 32.2. The molecule has 2 aromatic carbocycles. The number of aromatic nitrogens is 3. The van der Waals surface area contributed by atoms with Crippen LogP contribution in [0.1, 0.15) is 18.0 Å². The average Bonchev–Trinajstić information content (AvgIpc) is 2.65. The lowest BCUT2D eigenvalue weighted by atomic mass is 10.0. The van der Waals surface area contributed by atoms with Crippen molar-refractivity contribution in [1.29, 1.82) is 0 Å². The highest BCUT2D eigenvalue weighted by Gasteiger charge is 2.22. The summed E-state index contributed by atoms with van der Waals surface area (Å²) in [5.74, 6) is 0.718.